The van der Waals surface area contributed by atoms with Gasteiger partial charge in [0.15, 0.2) is 0 Å². The van der Waals surface area contributed by atoms with Crippen LogP contribution in [0.1, 0.15) is 26.2 Å². The van der Waals surface area contributed by atoms with Gasteiger partial charge in [0.1, 0.15) is 0 Å². The molecular formula is C12H23NO3S. The minimum absolute atomic E-state index is 0.183. The summed E-state index contributed by atoms with van der Waals surface area (Å²) < 4.78 is 22.4. The molecule has 0 aromatic rings. The van der Waals surface area contributed by atoms with Crippen molar-refractivity contribution in [3.05, 3.63) is 0 Å². The number of hydrogen-bond acceptors (Lipinski definition) is 4. The molecule has 1 aliphatic heterocycles. The summed E-state index contributed by atoms with van der Waals surface area (Å²) in [5, 5.41) is 3.63. The van der Waals surface area contributed by atoms with Crippen molar-refractivity contribution in [3.8, 4) is 0 Å². The smallest absolute Gasteiger partial charge is 0.0986 e. The third kappa shape index (κ3) is 3.28. The summed E-state index contributed by atoms with van der Waals surface area (Å²) in [5.74, 6) is 1.69. The molecule has 2 rings (SSSR count). The molecule has 3 unspecified atom stereocenters. The minimum atomic E-state index is -0.576. The molecule has 0 aromatic heterocycles. The second kappa shape index (κ2) is 6.27. The Morgan fingerprint density at radius 1 is 1.35 bits per heavy atom. The van der Waals surface area contributed by atoms with Crippen LogP contribution in [0.15, 0.2) is 0 Å². The minimum Gasteiger partial charge on any atom is -0.377 e. The Morgan fingerprint density at radius 2 is 2.06 bits per heavy atom. The lowest BCUT2D eigenvalue weighted by molar-refractivity contribution is -0.133. The van der Waals surface area contributed by atoms with Crippen LogP contribution in [0.5, 0.6) is 0 Å². The summed E-state index contributed by atoms with van der Waals surface area (Å²) in [4.78, 5) is 0. The van der Waals surface area contributed by atoms with Crippen LogP contribution in [0, 0.1) is 0 Å². The number of methoxy groups -OCH3 is 1. The maximum Gasteiger partial charge on any atom is 0.0986 e. The third-order valence-corrected chi connectivity index (χ3v) is 5.12. The molecule has 17 heavy (non-hydrogen) atoms. The Morgan fingerprint density at radius 3 is 2.65 bits per heavy atom. The van der Waals surface area contributed by atoms with Crippen LogP contribution >= 0.6 is 0 Å². The molecule has 0 bridgehead atoms. The van der Waals surface area contributed by atoms with E-state index in [-0.39, 0.29) is 12.2 Å². The first kappa shape index (κ1) is 13.5. The highest BCUT2D eigenvalue weighted by Gasteiger charge is 2.42. The highest BCUT2D eigenvalue weighted by molar-refractivity contribution is 7.85. The van der Waals surface area contributed by atoms with Crippen molar-refractivity contribution in [3.63, 3.8) is 0 Å². The van der Waals surface area contributed by atoms with Crippen molar-refractivity contribution in [1.29, 1.82) is 0 Å². The van der Waals surface area contributed by atoms with Gasteiger partial charge in [-0.1, -0.05) is 0 Å². The Labute approximate surface area is 106 Å². The Bertz CT molecular complexity index is 264. The SMILES string of the molecule is CCOC1CC(NC2CCS(=O)CC2)C1OC. The molecule has 0 spiro atoms. The summed E-state index contributed by atoms with van der Waals surface area (Å²) >= 11 is 0. The fraction of sp³-hybridized carbons (Fsp3) is 1.00. The fourth-order valence-electron chi connectivity index (χ4n) is 2.70. The van der Waals surface area contributed by atoms with Gasteiger partial charge in [-0.25, -0.2) is 0 Å². The van der Waals surface area contributed by atoms with E-state index >= 15 is 0 Å². The van der Waals surface area contributed by atoms with Gasteiger partial charge in [-0.05, 0) is 26.2 Å². The first-order valence-electron chi connectivity index (χ1n) is 6.50. The summed E-state index contributed by atoms with van der Waals surface area (Å²) in [6, 6.07) is 0.922. The average molecular weight is 261 g/mol. The average Bonchev–Trinajstić information content (AvgIpc) is 2.30. The van der Waals surface area contributed by atoms with Crippen LogP contribution in [0.25, 0.3) is 0 Å². The van der Waals surface area contributed by atoms with E-state index in [1.807, 2.05) is 6.92 Å². The molecule has 1 N–H and O–H groups in total. The van der Waals surface area contributed by atoms with E-state index in [2.05, 4.69) is 5.32 Å². The largest absolute Gasteiger partial charge is 0.377 e. The fourth-order valence-corrected chi connectivity index (χ4v) is 4.00. The van der Waals surface area contributed by atoms with Crippen molar-refractivity contribution in [2.45, 2.75) is 50.5 Å². The lowest BCUT2D eigenvalue weighted by atomic mass is 9.84. The molecule has 0 radical (unpaired) electrons. The molecule has 3 atom stereocenters. The first-order chi connectivity index (χ1) is 8.24. The number of hydrogen-bond donors (Lipinski definition) is 1. The predicted octanol–water partition coefficient (Wildman–Crippen LogP) is 0.679. The Balaban J connectivity index is 1.74. The summed E-state index contributed by atoms with van der Waals surface area (Å²) in [6.45, 7) is 2.77. The van der Waals surface area contributed by atoms with Gasteiger partial charge in [-0.2, -0.15) is 0 Å². The van der Waals surface area contributed by atoms with E-state index in [9.17, 15) is 4.21 Å². The second-order valence-corrected chi connectivity index (χ2v) is 6.52. The monoisotopic (exact) mass is 261 g/mol. The van der Waals surface area contributed by atoms with Gasteiger partial charge in [0, 0.05) is 48.1 Å². The Kier molecular flexibility index (Phi) is 4.97. The van der Waals surface area contributed by atoms with E-state index in [0.29, 0.717) is 12.1 Å². The summed E-state index contributed by atoms with van der Waals surface area (Å²) in [6.07, 6.45) is 3.52. The molecule has 1 saturated carbocycles. The molecule has 1 aliphatic carbocycles. The van der Waals surface area contributed by atoms with E-state index < -0.39 is 10.8 Å². The van der Waals surface area contributed by atoms with E-state index in [1.165, 1.54) is 0 Å². The molecule has 1 heterocycles. The molecule has 5 heteroatoms. The lowest BCUT2D eigenvalue weighted by Gasteiger charge is -2.45. The molecule has 1 saturated heterocycles. The molecular weight excluding hydrogens is 238 g/mol. The van der Waals surface area contributed by atoms with Crippen LogP contribution in [0.2, 0.25) is 0 Å². The van der Waals surface area contributed by atoms with Gasteiger partial charge in [0.25, 0.3) is 0 Å². The van der Waals surface area contributed by atoms with Crippen LogP contribution in [0.3, 0.4) is 0 Å². The van der Waals surface area contributed by atoms with E-state index in [4.69, 9.17) is 9.47 Å². The number of nitrogens with one attached hydrogen (secondary N) is 1. The van der Waals surface area contributed by atoms with Gasteiger partial charge in [0.2, 0.25) is 0 Å². The van der Waals surface area contributed by atoms with Crippen molar-refractivity contribution < 1.29 is 13.7 Å². The highest BCUT2D eigenvalue weighted by Crippen LogP contribution is 2.28. The van der Waals surface area contributed by atoms with Crippen molar-refractivity contribution >= 4 is 10.8 Å². The number of rotatable bonds is 5. The molecule has 100 valence electrons. The zero-order valence-corrected chi connectivity index (χ0v) is 11.5. The van der Waals surface area contributed by atoms with E-state index in [1.54, 1.807) is 7.11 Å². The predicted molar refractivity (Wildman–Crippen MR) is 68.7 cm³/mol. The standard InChI is InChI=1S/C12H23NO3S/c1-3-16-11-8-10(12(11)15-2)13-9-4-6-17(14)7-5-9/h9-13H,3-8H2,1-2H3. The second-order valence-electron chi connectivity index (χ2n) is 4.83. The van der Waals surface area contributed by atoms with Crippen LogP contribution in [-0.4, -0.2) is 53.7 Å². The highest BCUT2D eigenvalue weighted by atomic mass is 32.2. The first-order valence-corrected chi connectivity index (χ1v) is 7.98. The molecule has 0 amide bonds. The topological polar surface area (TPSA) is 47.6 Å². The Hall–Kier alpha value is 0.0300. The van der Waals surface area contributed by atoms with E-state index in [0.717, 1.165) is 37.4 Å². The normalized spacial score (nSPS) is 42.1. The van der Waals surface area contributed by atoms with Gasteiger partial charge < -0.3 is 14.8 Å². The summed E-state index contributed by atoms with van der Waals surface area (Å²) in [7, 11) is 1.17. The molecule has 0 aromatic carbocycles. The summed E-state index contributed by atoms with van der Waals surface area (Å²) in [5.41, 5.74) is 0. The van der Waals surface area contributed by atoms with Gasteiger partial charge in [0.05, 0.1) is 12.2 Å². The lowest BCUT2D eigenvalue weighted by Crippen LogP contribution is -2.62. The molecule has 4 nitrogen and oxygen atoms in total. The van der Waals surface area contributed by atoms with Crippen LogP contribution in [-0.2, 0) is 20.3 Å². The van der Waals surface area contributed by atoms with Gasteiger partial charge >= 0.3 is 0 Å². The van der Waals surface area contributed by atoms with Gasteiger partial charge in [-0.15, -0.1) is 0 Å². The van der Waals surface area contributed by atoms with Crippen molar-refractivity contribution in [2.75, 3.05) is 25.2 Å². The zero-order valence-electron chi connectivity index (χ0n) is 10.7. The van der Waals surface area contributed by atoms with Gasteiger partial charge in [-0.3, -0.25) is 4.21 Å². The molecule has 2 fully saturated rings. The van der Waals surface area contributed by atoms with Crippen LogP contribution in [0.4, 0.5) is 0 Å². The molecule has 2 aliphatic rings. The zero-order chi connectivity index (χ0) is 12.3. The van der Waals surface area contributed by atoms with Crippen molar-refractivity contribution in [2.24, 2.45) is 0 Å². The maximum absolute atomic E-state index is 11.3. The van der Waals surface area contributed by atoms with Crippen LogP contribution < -0.4 is 5.32 Å². The quantitative estimate of drug-likeness (QED) is 0.790. The third-order valence-electron chi connectivity index (χ3n) is 3.74. The maximum atomic E-state index is 11.3. The number of ether oxygens (including phenoxy) is 2. The van der Waals surface area contributed by atoms with Crippen molar-refractivity contribution in [1.82, 2.24) is 5.32 Å².